The predicted octanol–water partition coefficient (Wildman–Crippen LogP) is 3.81. The Morgan fingerprint density at radius 2 is 1.82 bits per heavy atom. The molecule has 1 fully saturated rings. The van der Waals surface area contributed by atoms with Crippen molar-refractivity contribution in [2.45, 2.75) is 25.4 Å². The van der Waals surface area contributed by atoms with E-state index < -0.39 is 0 Å². The molecule has 1 saturated heterocycles. The Morgan fingerprint density at radius 3 is 2.58 bits per heavy atom. The maximum absolute atomic E-state index is 9.03. The highest BCUT2D eigenvalue weighted by molar-refractivity contribution is 5.83. The van der Waals surface area contributed by atoms with Gasteiger partial charge in [0.15, 0.2) is 11.5 Å². The number of pyridine rings is 2. The highest BCUT2D eigenvalue weighted by Crippen LogP contribution is 2.31. The predicted molar refractivity (Wildman–Crippen MR) is 152 cm³/mol. The van der Waals surface area contributed by atoms with Crippen molar-refractivity contribution in [1.29, 1.82) is 5.26 Å². The molecule has 0 aliphatic carbocycles. The summed E-state index contributed by atoms with van der Waals surface area (Å²) in [6, 6.07) is 20.0. The van der Waals surface area contributed by atoms with Gasteiger partial charge in [0.1, 0.15) is 23.2 Å². The first kappa shape index (κ1) is 25.2. The second-order valence-corrected chi connectivity index (χ2v) is 9.64. The normalized spacial score (nSPS) is 14.2. The molecule has 0 amide bonds. The van der Waals surface area contributed by atoms with E-state index in [4.69, 9.17) is 20.7 Å². The van der Waals surface area contributed by atoms with Crippen LogP contribution in [-0.2, 0) is 6.54 Å². The van der Waals surface area contributed by atoms with Gasteiger partial charge in [-0.1, -0.05) is 12.1 Å². The lowest BCUT2D eigenvalue weighted by molar-refractivity contribution is 0.211. The second kappa shape index (κ2) is 11.0. The van der Waals surface area contributed by atoms with Crippen molar-refractivity contribution in [2.75, 3.05) is 31.2 Å². The highest BCUT2D eigenvalue weighted by Gasteiger charge is 2.21. The van der Waals surface area contributed by atoms with Gasteiger partial charge in [-0.2, -0.15) is 10.2 Å². The number of nitriles is 1. The molecule has 5 heterocycles. The molecule has 4 aromatic heterocycles. The average Bonchev–Trinajstić information content (AvgIpc) is 3.37. The number of ether oxygens (including phenoxy) is 1. The zero-order chi connectivity index (χ0) is 27.5. The van der Waals surface area contributed by atoms with Crippen molar-refractivity contribution in [3.05, 3.63) is 78.4 Å². The van der Waals surface area contributed by atoms with Crippen LogP contribution in [0.15, 0.2) is 67.0 Å². The fourth-order valence-electron chi connectivity index (χ4n) is 5.03. The molecule has 0 spiro atoms. The minimum absolute atomic E-state index is 0.181. The topological polar surface area (TPSA) is 144 Å². The fraction of sp³-hybridized carbons (Fsp3) is 0.241. The van der Waals surface area contributed by atoms with Crippen molar-refractivity contribution < 1.29 is 4.74 Å². The molecule has 11 nitrogen and oxygen atoms in total. The smallest absolute Gasteiger partial charge is 0.234 e. The van der Waals surface area contributed by atoms with Crippen LogP contribution in [0.4, 0.5) is 11.6 Å². The molecule has 0 radical (unpaired) electrons. The second-order valence-electron chi connectivity index (χ2n) is 9.64. The molecule has 200 valence electrons. The van der Waals surface area contributed by atoms with E-state index >= 15 is 0 Å². The maximum Gasteiger partial charge on any atom is 0.234 e. The summed E-state index contributed by atoms with van der Waals surface area (Å²) in [5.74, 6) is 2.48. The standard InChI is InChI=1S/C29H28N10O/c1-40-26-9-8-23-29(37-26)39(28(35-23)22-3-2-13-33-27(22)31)21-6-4-19(5-7-21)18-38-15-11-20(12-16-38)34-24-10-14-32-25(17-30)36-24/h2-10,13-14,20H,11-12,15-16,18H2,1H3,(H2,31,33)(H,32,34,36). The number of hydrogen-bond donors (Lipinski definition) is 2. The number of nitrogens with zero attached hydrogens (tertiary/aromatic N) is 8. The molecule has 11 heteroatoms. The van der Waals surface area contributed by atoms with Gasteiger partial charge in [0.2, 0.25) is 11.7 Å². The van der Waals surface area contributed by atoms with Crippen molar-refractivity contribution in [3.63, 3.8) is 0 Å². The number of piperidine rings is 1. The van der Waals surface area contributed by atoms with Crippen molar-refractivity contribution in [2.24, 2.45) is 0 Å². The Balaban J connectivity index is 1.19. The lowest BCUT2D eigenvalue weighted by Crippen LogP contribution is -2.38. The average molecular weight is 533 g/mol. The van der Waals surface area contributed by atoms with E-state index in [1.807, 2.05) is 28.8 Å². The van der Waals surface area contributed by atoms with E-state index in [1.54, 1.807) is 31.6 Å². The molecule has 0 atom stereocenters. The molecule has 0 saturated carbocycles. The van der Waals surface area contributed by atoms with Gasteiger partial charge in [-0.15, -0.1) is 0 Å². The third kappa shape index (κ3) is 5.12. The van der Waals surface area contributed by atoms with Crippen molar-refractivity contribution in [3.8, 4) is 29.0 Å². The number of rotatable bonds is 7. The van der Waals surface area contributed by atoms with Crippen LogP contribution < -0.4 is 15.8 Å². The number of fused-ring (bicyclic) bond motifs is 1. The Kier molecular flexibility index (Phi) is 6.91. The molecule has 1 aromatic carbocycles. The molecule has 5 aromatic rings. The summed E-state index contributed by atoms with van der Waals surface area (Å²) in [5.41, 5.74) is 10.6. The lowest BCUT2D eigenvalue weighted by Gasteiger charge is -2.32. The van der Waals surface area contributed by atoms with Crippen molar-refractivity contribution >= 4 is 22.8 Å². The number of nitrogens with two attached hydrogens (primary N) is 1. The third-order valence-electron chi connectivity index (χ3n) is 7.06. The molecule has 1 aliphatic rings. The first-order valence-electron chi connectivity index (χ1n) is 13.1. The Hall–Kier alpha value is -5.08. The van der Waals surface area contributed by atoms with Gasteiger partial charge in [0.05, 0.1) is 12.7 Å². The van der Waals surface area contributed by atoms with Crippen LogP contribution in [0.5, 0.6) is 5.88 Å². The van der Waals surface area contributed by atoms with Crippen LogP contribution in [0.2, 0.25) is 0 Å². The van der Waals surface area contributed by atoms with E-state index in [0.717, 1.165) is 49.2 Å². The van der Waals surface area contributed by atoms with E-state index in [0.29, 0.717) is 35.0 Å². The number of likely N-dealkylation sites (tertiary alicyclic amines) is 1. The number of imidazole rings is 1. The molecule has 40 heavy (non-hydrogen) atoms. The number of nitrogens with one attached hydrogen (secondary N) is 1. The summed E-state index contributed by atoms with van der Waals surface area (Å²) in [7, 11) is 1.60. The largest absolute Gasteiger partial charge is 0.481 e. The number of methoxy groups -OCH3 is 1. The Bertz CT molecular complexity index is 1680. The third-order valence-corrected chi connectivity index (χ3v) is 7.06. The Morgan fingerprint density at radius 1 is 1.00 bits per heavy atom. The number of anilines is 2. The maximum atomic E-state index is 9.03. The Labute approximate surface area is 231 Å². The van der Waals surface area contributed by atoms with E-state index in [9.17, 15) is 0 Å². The van der Waals surface area contributed by atoms with Gasteiger partial charge in [-0.05, 0) is 54.8 Å². The summed E-state index contributed by atoms with van der Waals surface area (Å²) in [6.07, 6.45) is 5.27. The van der Waals surface area contributed by atoms with Crippen LogP contribution in [-0.4, -0.2) is 60.6 Å². The van der Waals surface area contributed by atoms with Gasteiger partial charge < -0.3 is 15.8 Å². The van der Waals surface area contributed by atoms with E-state index in [-0.39, 0.29) is 5.82 Å². The molecule has 1 aliphatic heterocycles. The first-order valence-corrected chi connectivity index (χ1v) is 13.1. The lowest BCUT2D eigenvalue weighted by atomic mass is 10.0. The van der Waals surface area contributed by atoms with Gasteiger partial charge >= 0.3 is 0 Å². The summed E-state index contributed by atoms with van der Waals surface area (Å²) >= 11 is 0. The van der Waals surface area contributed by atoms with Gasteiger partial charge in [-0.25, -0.2) is 19.9 Å². The number of hydrogen-bond acceptors (Lipinski definition) is 10. The molecule has 0 bridgehead atoms. The van der Waals surface area contributed by atoms with Crippen LogP contribution in [0, 0.1) is 11.3 Å². The summed E-state index contributed by atoms with van der Waals surface area (Å²) in [6.45, 7) is 2.80. The quantitative estimate of drug-likeness (QED) is 0.317. The summed E-state index contributed by atoms with van der Waals surface area (Å²) in [4.78, 5) is 24.4. The zero-order valence-corrected chi connectivity index (χ0v) is 22.0. The van der Waals surface area contributed by atoms with E-state index in [1.165, 1.54) is 5.56 Å². The minimum atomic E-state index is 0.181. The first-order chi connectivity index (χ1) is 19.6. The summed E-state index contributed by atoms with van der Waals surface area (Å²) < 4.78 is 7.39. The van der Waals surface area contributed by atoms with Crippen LogP contribution >= 0.6 is 0 Å². The van der Waals surface area contributed by atoms with Gasteiger partial charge in [0, 0.05) is 49.8 Å². The molecule has 0 unspecified atom stereocenters. The monoisotopic (exact) mass is 532 g/mol. The van der Waals surface area contributed by atoms with Crippen LogP contribution in [0.1, 0.15) is 24.2 Å². The molecule has 3 N–H and O–H groups in total. The van der Waals surface area contributed by atoms with E-state index in [2.05, 4.69) is 54.4 Å². The minimum Gasteiger partial charge on any atom is -0.481 e. The van der Waals surface area contributed by atoms with Gasteiger partial charge in [0.25, 0.3) is 0 Å². The highest BCUT2D eigenvalue weighted by atomic mass is 16.5. The van der Waals surface area contributed by atoms with Crippen molar-refractivity contribution in [1.82, 2.24) is 34.4 Å². The fourth-order valence-corrected chi connectivity index (χ4v) is 5.03. The number of aromatic nitrogens is 6. The van der Waals surface area contributed by atoms with Crippen LogP contribution in [0.25, 0.3) is 28.2 Å². The van der Waals surface area contributed by atoms with Gasteiger partial charge in [-0.3, -0.25) is 9.47 Å². The molecular weight excluding hydrogens is 504 g/mol. The zero-order valence-electron chi connectivity index (χ0n) is 22.0. The summed E-state index contributed by atoms with van der Waals surface area (Å²) in [5, 5.41) is 12.5. The number of benzene rings is 1. The SMILES string of the molecule is COc1ccc2nc(-c3cccnc3N)n(-c3ccc(CN4CCC(Nc5ccnc(C#N)n5)CC4)cc3)c2n1. The van der Waals surface area contributed by atoms with Crippen LogP contribution in [0.3, 0.4) is 0 Å². The molecule has 6 rings (SSSR count). The molecular formula is C29H28N10O. The number of nitrogen functional groups attached to an aromatic ring is 1.